The Morgan fingerprint density at radius 2 is 2.00 bits per heavy atom. The van der Waals surface area contributed by atoms with Crippen LogP contribution in [0.25, 0.3) is 0 Å². The van der Waals surface area contributed by atoms with Gasteiger partial charge >= 0.3 is 0 Å². The standard InChI is InChI=1S/C17H26N6O3S.HI/c1-18-17(20-13-15-7-8-21-23(15)2)19-12-14-5-4-6-16(11-14)27(24,25)22-9-10-26-3;/h4-8,11,22H,9-10,12-13H2,1-3H3,(H2,18,19,20);1H. The van der Waals surface area contributed by atoms with Gasteiger partial charge in [-0.1, -0.05) is 12.1 Å². The maximum Gasteiger partial charge on any atom is 0.240 e. The lowest BCUT2D eigenvalue weighted by Crippen LogP contribution is -2.36. The van der Waals surface area contributed by atoms with Crippen molar-refractivity contribution in [2.45, 2.75) is 18.0 Å². The molecule has 1 heterocycles. The quantitative estimate of drug-likeness (QED) is 0.195. The van der Waals surface area contributed by atoms with Crippen LogP contribution in [-0.2, 0) is 34.9 Å². The summed E-state index contributed by atoms with van der Waals surface area (Å²) < 4.78 is 33.7. The Kier molecular flexibility index (Phi) is 10.4. The van der Waals surface area contributed by atoms with Crippen LogP contribution >= 0.6 is 24.0 Å². The molecule has 2 rings (SSSR count). The molecule has 0 saturated heterocycles. The summed E-state index contributed by atoms with van der Waals surface area (Å²) in [6.45, 7) is 1.56. The number of nitrogens with zero attached hydrogens (tertiary/aromatic N) is 3. The Bertz CT molecular complexity index is 869. The molecule has 0 spiro atoms. The summed E-state index contributed by atoms with van der Waals surface area (Å²) in [6.07, 6.45) is 1.74. The summed E-state index contributed by atoms with van der Waals surface area (Å²) in [6, 6.07) is 8.69. The fourth-order valence-corrected chi connectivity index (χ4v) is 3.42. The van der Waals surface area contributed by atoms with Gasteiger partial charge < -0.3 is 15.4 Å². The average Bonchev–Trinajstić information content (AvgIpc) is 3.07. The van der Waals surface area contributed by atoms with Crippen LogP contribution < -0.4 is 15.4 Å². The smallest absolute Gasteiger partial charge is 0.240 e. The highest BCUT2D eigenvalue weighted by molar-refractivity contribution is 14.0. The van der Waals surface area contributed by atoms with Crippen LogP contribution in [0.5, 0.6) is 0 Å². The maximum atomic E-state index is 12.3. The topological polar surface area (TPSA) is 110 Å². The van der Waals surface area contributed by atoms with E-state index < -0.39 is 10.0 Å². The minimum Gasteiger partial charge on any atom is -0.383 e. The van der Waals surface area contributed by atoms with Gasteiger partial charge in [0.2, 0.25) is 10.0 Å². The van der Waals surface area contributed by atoms with Crippen molar-refractivity contribution >= 4 is 40.0 Å². The van der Waals surface area contributed by atoms with Gasteiger partial charge in [-0.25, -0.2) is 13.1 Å². The fourth-order valence-electron chi connectivity index (χ4n) is 2.34. The van der Waals surface area contributed by atoms with Crippen LogP contribution in [0.4, 0.5) is 0 Å². The molecular weight excluding hydrogens is 495 g/mol. The van der Waals surface area contributed by atoms with Crippen molar-refractivity contribution in [3.8, 4) is 0 Å². The van der Waals surface area contributed by atoms with Gasteiger partial charge in [-0.15, -0.1) is 24.0 Å². The van der Waals surface area contributed by atoms with Gasteiger partial charge in [0.15, 0.2) is 5.96 Å². The predicted molar refractivity (Wildman–Crippen MR) is 119 cm³/mol. The molecule has 0 aliphatic rings. The maximum absolute atomic E-state index is 12.3. The third kappa shape index (κ3) is 7.37. The minimum absolute atomic E-state index is 0. The van der Waals surface area contributed by atoms with E-state index in [2.05, 4.69) is 25.4 Å². The van der Waals surface area contributed by atoms with Gasteiger partial charge in [0.25, 0.3) is 0 Å². The summed E-state index contributed by atoms with van der Waals surface area (Å²) in [5, 5.41) is 10.5. The van der Waals surface area contributed by atoms with Gasteiger partial charge in [0.05, 0.1) is 23.7 Å². The zero-order chi connectivity index (χ0) is 19.7. The molecule has 0 fully saturated rings. The van der Waals surface area contributed by atoms with Crippen LogP contribution in [0.1, 0.15) is 11.3 Å². The van der Waals surface area contributed by atoms with Crippen LogP contribution in [0.2, 0.25) is 0 Å². The largest absolute Gasteiger partial charge is 0.383 e. The van der Waals surface area contributed by atoms with E-state index in [4.69, 9.17) is 4.74 Å². The highest BCUT2D eigenvalue weighted by atomic mass is 127. The third-order valence-electron chi connectivity index (χ3n) is 3.85. The van der Waals surface area contributed by atoms with Crippen molar-refractivity contribution in [1.29, 1.82) is 0 Å². The van der Waals surface area contributed by atoms with Crippen LogP contribution in [0, 0.1) is 0 Å². The molecule has 1 aromatic carbocycles. The van der Waals surface area contributed by atoms with Crippen LogP contribution in [-0.4, -0.2) is 51.5 Å². The van der Waals surface area contributed by atoms with Gasteiger partial charge in [-0.3, -0.25) is 9.67 Å². The third-order valence-corrected chi connectivity index (χ3v) is 5.31. The lowest BCUT2D eigenvalue weighted by Gasteiger charge is -2.13. The lowest BCUT2D eigenvalue weighted by molar-refractivity contribution is 0.204. The number of rotatable bonds is 9. The summed E-state index contributed by atoms with van der Waals surface area (Å²) in [4.78, 5) is 4.39. The summed E-state index contributed by atoms with van der Waals surface area (Å²) in [5.74, 6) is 0.614. The van der Waals surface area contributed by atoms with E-state index >= 15 is 0 Å². The second kappa shape index (κ2) is 12.0. The van der Waals surface area contributed by atoms with E-state index in [1.54, 1.807) is 36.1 Å². The highest BCUT2D eigenvalue weighted by Gasteiger charge is 2.13. The summed E-state index contributed by atoms with van der Waals surface area (Å²) in [5.41, 5.74) is 1.85. The monoisotopic (exact) mass is 522 g/mol. The Morgan fingerprint density at radius 1 is 1.25 bits per heavy atom. The van der Waals surface area contributed by atoms with Gasteiger partial charge in [-0.05, 0) is 23.8 Å². The SMILES string of the molecule is CN=C(NCc1cccc(S(=O)(=O)NCCOC)c1)NCc1ccnn1C.I. The number of benzene rings is 1. The number of hydrogen-bond donors (Lipinski definition) is 3. The normalized spacial score (nSPS) is 11.8. The first kappa shape index (κ1) is 24.3. The number of sulfonamides is 1. The van der Waals surface area contributed by atoms with Crippen molar-refractivity contribution in [2.24, 2.45) is 12.0 Å². The molecule has 9 nitrogen and oxygen atoms in total. The number of ether oxygens (including phenoxy) is 1. The van der Waals surface area contributed by atoms with Crippen molar-refractivity contribution in [2.75, 3.05) is 27.3 Å². The number of halogens is 1. The van der Waals surface area contributed by atoms with Gasteiger partial charge in [0, 0.05) is 40.5 Å². The number of aryl methyl sites for hydroxylation is 1. The Balaban J connectivity index is 0.00000392. The van der Waals surface area contributed by atoms with E-state index in [9.17, 15) is 8.42 Å². The van der Waals surface area contributed by atoms with Crippen molar-refractivity contribution in [3.63, 3.8) is 0 Å². The first-order valence-electron chi connectivity index (χ1n) is 8.45. The minimum atomic E-state index is -3.56. The van der Waals surface area contributed by atoms with Crippen LogP contribution in [0.15, 0.2) is 46.4 Å². The zero-order valence-electron chi connectivity index (χ0n) is 16.2. The molecule has 0 bridgehead atoms. The molecule has 156 valence electrons. The van der Waals surface area contributed by atoms with E-state index in [-0.39, 0.29) is 35.4 Å². The molecule has 28 heavy (non-hydrogen) atoms. The van der Waals surface area contributed by atoms with Gasteiger partial charge in [-0.2, -0.15) is 5.10 Å². The molecule has 0 unspecified atom stereocenters. The molecule has 11 heteroatoms. The van der Waals surface area contributed by atoms with E-state index in [1.165, 1.54) is 7.11 Å². The first-order valence-corrected chi connectivity index (χ1v) is 9.93. The number of methoxy groups -OCH3 is 1. The Hall–Kier alpha value is -1.70. The number of guanidine groups is 1. The number of aromatic nitrogens is 2. The second-order valence-electron chi connectivity index (χ2n) is 5.76. The average molecular weight is 522 g/mol. The molecule has 0 aliphatic carbocycles. The molecule has 0 amide bonds. The van der Waals surface area contributed by atoms with E-state index in [1.807, 2.05) is 19.2 Å². The number of hydrogen-bond acceptors (Lipinski definition) is 5. The lowest BCUT2D eigenvalue weighted by atomic mass is 10.2. The number of nitrogens with one attached hydrogen (secondary N) is 3. The first-order chi connectivity index (χ1) is 13.0. The zero-order valence-corrected chi connectivity index (χ0v) is 19.3. The fraction of sp³-hybridized carbons (Fsp3) is 0.412. The molecule has 0 saturated carbocycles. The number of aliphatic imine (C=N–C) groups is 1. The van der Waals surface area contributed by atoms with Crippen molar-refractivity contribution in [3.05, 3.63) is 47.8 Å². The van der Waals surface area contributed by atoms with E-state index in [0.29, 0.717) is 25.7 Å². The molecule has 3 N–H and O–H groups in total. The molecule has 0 atom stereocenters. The predicted octanol–water partition coefficient (Wildman–Crippen LogP) is 0.828. The van der Waals surface area contributed by atoms with Gasteiger partial charge in [0.1, 0.15) is 0 Å². The molecule has 1 aromatic heterocycles. The highest BCUT2D eigenvalue weighted by Crippen LogP contribution is 2.11. The Morgan fingerprint density at radius 3 is 2.64 bits per heavy atom. The summed E-state index contributed by atoms with van der Waals surface area (Å²) >= 11 is 0. The molecule has 2 aromatic rings. The van der Waals surface area contributed by atoms with Crippen LogP contribution in [0.3, 0.4) is 0 Å². The Labute approximate surface area is 183 Å². The van der Waals surface area contributed by atoms with E-state index in [0.717, 1.165) is 11.3 Å². The summed E-state index contributed by atoms with van der Waals surface area (Å²) in [7, 11) is 1.52. The van der Waals surface area contributed by atoms with Crippen molar-refractivity contribution in [1.82, 2.24) is 25.1 Å². The molecule has 0 aliphatic heterocycles. The van der Waals surface area contributed by atoms with Crippen molar-refractivity contribution < 1.29 is 13.2 Å². The molecule has 0 radical (unpaired) electrons. The second-order valence-corrected chi connectivity index (χ2v) is 7.53. The molecular formula is C17H27IN6O3S.